The van der Waals surface area contributed by atoms with Crippen molar-refractivity contribution in [2.45, 2.75) is 24.5 Å². The fourth-order valence-electron chi connectivity index (χ4n) is 1.94. The highest BCUT2D eigenvalue weighted by molar-refractivity contribution is 5.38. The van der Waals surface area contributed by atoms with Crippen LogP contribution in [0.3, 0.4) is 0 Å². The van der Waals surface area contributed by atoms with Gasteiger partial charge in [-0.2, -0.15) is 5.26 Å². The first-order valence-electron chi connectivity index (χ1n) is 4.72. The van der Waals surface area contributed by atoms with Gasteiger partial charge in [-0.15, -0.1) is 0 Å². The summed E-state index contributed by atoms with van der Waals surface area (Å²) in [6.45, 7) is 0. The number of halogens is 1. The lowest BCUT2D eigenvalue weighted by atomic mass is 9.70. The van der Waals surface area contributed by atoms with Crippen LogP contribution in [0.25, 0.3) is 0 Å². The molecular formula is C11H11FN2O. The standard InChI is InChI=1S/C11H11FN2O/c12-10-2-1-8(3-7(10)6-13)11(14)4-9(15)5-11/h1-3,9,15H,4-5,14H2. The lowest BCUT2D eigenvalue weighted by molar-refractivity contribution is 0.0209. The molecule has 1 aliphatic rings. The second-order valence-electron chi connectivity index (χ2n) is 4.02. The van der Waals surface area contributed by atoms with Gasteiger partial charge in [-0.3, -0.25) is 0 Å². The molecule has 0 saturated heterocycles. The van der Waals surface area contributed by atoms with Gasteiger partial charge in [0, 0.05) is 5.54 Å². The number of nitriles is 1. The zero-order valence-corrected chi connectivity index (χ0v) is 8.07. The summed E-state index contributed by atoms with van der Waals surface area (Å²) in [6.07, 6.45) is 0.540. The number of rotatable bonds is 1. The Morgan fingerprint density at radius 1 is 1.53 bits per heavy atom. The van der Waals surface area contributed by atoms with E-state index in [4.69, 9.17) is 11.0 Å². The van der Waals surface area contributed by atoms with Gasteiger partial charge < -0.3 is 10.8 Å². The Balaban J connectivity index is 2.35. The van der Waals surface area contributed by atoms with Gasteiger partial charge in [0.1, 0.15) is 11.9 Å². The maximum Gasteiger partial charge on any atom is 0.140 e. The quantitative estimate of drug-likeness (QED) is 0.720. The fraction of sp³-hybridized carbons (Fsp3) is 0.364. The first-order chi connectivity index (χ1) is 7.05. The molecule has 1 fully saturated rings. The maximum absolute atomic E-state index is 13.0. The Hall–Kier alpha value is -1.44. The molecule has 1 saturated carbocycles. The monoisotopic (exact) mass is 206 g/mol. The van der Waals surface area contributed by atoms with E-state index in [1.807, 2.05) is 0 Å². The van der Waals surface area contributed by atoms with Crippen molar-refractivity contribution in [3.63, 3.8) is 0 Å². The van der Waals surface area contributed by atoms with E-state index in [9.17, 15) is 9.50 Å². The molecular weight excluding hydrogens is 195 g/mol. The van der Waals surface area contributed by atoms with E-state index in [2.05, 4.69) is 0 Å². The Kier molecular flexibility index (Phi) is 2.22. The van der Waals surface area contributed by atoms with Crippen LogP contribution in [0.4, 0.5) is 4.39 Å². The summed E-state index contributed by atoms with van der Waals surface area (Å²) >= 11 is 0. The number of aliphatic hydroxyl groups is 1. The van der Waals surface area contributed by atoms with E-state index in [1.165, 1.54) is 12.1 Å². The Morgan fingerprint density at radius 3 is 2.73 bits per heavy atom. The minimum Gasteiger partial charge on any atom is -0.393 e. The first kappa shape index (κ1) is 10.1. The van der Waals surface area contributed by atoms with Gasteiger partial charge >= 0.3 is 0 Å². The van der Waals surface area contributed by atoms with Crippen molar-refractivity contribution in [2.24, 2.45) is 5.73 Å². The molecule has 0 heterocycles. The van der Waals surface area contributed by atoms with Gasteiger partial charge in [0.05, 0.1) is 11.7 Å². The summed E-state index contributed by atoms with van der Waals surface area (Å²) in [6, 6.07) is 6.05. The van der Waals surface area contributed by atoms with Crippen molar-refractivity contribution in [1.29, 1.82) is 5.26 Å². The largest absolute Gasteiger partial charge is 0.393 e. The molecule has 0 aliphatic heterocycles. The summed E-state index contributed by atoms with van der Waals surface area (Å²) in [7, 11) is 0. The molecule has 0 atom stereocenters. The molecule has 0 unspecified atom stereocenters. The minimum absolute atomic E-state index is 0.00119. The van der Waals surface area contributed by atoms with Crippen molar-refractivity contribution >= 4 is 0 Å². The van der Waals surface area contributed by atoms with Crippen LogP contribution in [0, 0.1) is 17.1 Å². The van der Waals surface area contributed by atoms with E-state index in [1.54, 1.807) is 12.1 Å². The predicted octanol–water partition coefficient (Wildman–Crippen LogP) is 1.01. The summed E-state index contributed by atoms with van der Waals surface area (Å²) in [5, 5.41) is 17.9. The van der Waals surface area contributed by atoms with Gasteiger partial charge in [-0.1, -0.05) is 6.07 Å². The molecule has 3 N–H and O–H groups in total. The molecule has 0 bridgehead atoms. The molecule has 0 amide bonds. The molecule has 1 aromatic rings. The zero-order chi connectivity index (χ0) is 11.1. The molecule has 0 radical (unpaired) electrons. The second kappa shape index (κ2) is 3.30. The maximum atomic E-state index is 13.0. The summed E-state index contributed by atoms with van der Waals surface area (Å²) in [5.74, 6) is -0.537. The SMILES string of the molecule is N#Cc1cc(C2(N)CC(O)C2)ccc1F. The van der Waals surface area contributed by atoms with E-state index in [-0.39, 0.29) is 11.7 Å². The minimum atomic E-state index is -0.598. The normalized spacial score (nSPS) is 29.3. The van der Waals surface area contributed by atoms with Crippen LogP contribution in [0.15, 0.2) is 18.2 Å². The molecule has 1 aromatic carbocycles. The van der Waals surface area contributed by atoms with Gasteiger partial charge in [0.2, 0.25) is 0 Å². The zero-order valence-electron chi connectivity index (χ0n) is 8.07. The molecule has 3 nitrogen and oxygen atoms in total. The van der Waals surface area contributed by atoms with Crippen LogP contribution < -0.4 is 5.73 Å². The highest BCUT2D eigenvalue weighted by atomic mass is 19.1. The second-order valence-corrected chi connectivity index (χ2v) is 4.02. The van der Waals surface area contributed by atoms with E-state index >= 15 is 0 Å². The van der Waals surface area contributed by atoms with Crippen LogP contribution in [0.1, 0.15) is 24.0 Å². The Bertz CT molecular complexity index is 433. The van der Waals surface area contributed by atoms with Crippen LogP contribution in [0.2, 0.25) is 0 Å². The van der Waals surface area contributed by atoms with Gasteiger partial charge in [0.15, 0.2) is 0 Å². The Labute approximate surface area is 86.9 Å². The number of nitrogens with zero attached hydrogens (tertiary/aromatic N) is 1. The van der Waals surface area contributed by atoms with Crippen LogP contribution in [-0.2, 0) is 5.54 Å². The molecule has 2 rings (SSSR count). The van der Waals surface area contributed by atoms with Gasteiger partial charge in [-0.25, -0.2) is 4.39 Å². The van der Waals surface area contributed by atoms with E-state index in [0.717, 1.165) is 0 Å². The summed E-state index contributed by atoms with van der Waals surface area (Å²) < 4.78 is 13.0. The third kappa shape index (κ3) is 1.60. The molecule has 15 heavy (non-hydrogen) atoms. The van der Waals surface area contributed by atoms with Crippen LogP contribution in [-0.4, -0.2) is 11.2 Å². The first-order valence-corrected chi connectivity index (χ1v) is 4.72. The molecule has 0 aromatic heterocycles. The topological polar surface area (TPSA) is 70.0 Å². The summed E-state index contributed by atoms with van der Waals surface area (Å²) in [5.41, 5.74) is 6.11. The molecule has 0 spiro atoms. The third-order valence-electron chi connectivity index (χ3n) is 2.86. The van der Waals surface area contributed by atoms with Crippen molar-refractivity contribution in [3.8, 4) is 6.07 Å². The third-order valence-corrected chi connectivity index (χ3v) is 2.86. The van der Waals surface area contributed by atoms with E-state index in [0.29, 0.717) is 18.4 Å². The average molecular weight is 206 g/mol. The number of benzene rings is 1. The highest BCUT2D eigenvalue weighted by Gasteiger charge is 2.41. The smallest absolute Gasteiger partial charge is 0.140 e. The van der Waals surface area contributed by atoms with Crippen molar-refractivity contribution in [2.75, 3.05) is 0 Å². The number of aliphatic hydroxyl groups excluding tert-OH is 1. The van der Waals surface area contributed by atoms with Crippen molar-refractivity contribution < 1.29 is 9.50 Å². The van der Waals surface area contributed by atoms with E-state index < -0.39 is 11.4 Å². The molecule has 1 aliphatic carbocycles. The summed E-state index contributed by atoms with van der Waals surface area (Å²) in [4.78, 5) is 0. The van der Waals surface area contributed by atoms with Crippen molar-refractivity contribution in [3.05, 3.63) is 35.1 Å². The predicted molar refractivity (Wildman–Crippen MR) is 52.2 cm³/mol. The highest BCUT2D eigenvalue weighted by Crippen LogP contribution is 2.39. The number of nitrogens with two attached hydrogens (primary N) is 1. The van der Waals surface area contributed by atoms with Crippen LogP contribution in [0.5, 0.6) is 0 Å². The van der Waals surface area contributed by atoms with Crippen LogP contribution >= 0.6 is 0 Å². The molecule has 78 valence electrons. The molecule has 4 heteroatoms. The lowest BCUT2D eigenvalue weighted by Crippen LogP contribution is -2.51. The van der Waals surface area contributed by atoms with Gasteiger partial charge in [-0.05, 0) is 30.5 Å². The fourth-order valence-corrected chi connectivity index (χ4v) is 1.94. The average Bonchev–Trinajstić information content (AvgIpc) is 2.16. The number of hydrogen-bond donors (Lipinski definition) is 2. The lowest BCUT2D eigenvalue weighted by Gasteiger charge is -2.42. The van der Waals surface area contributed by atoms with Crippen molar-refractivity contribution in [1.82, 2.24) is 0 Å². The number of hydrogen-bond acceptors (Lipinski definition) is 3. The Morgan fingerprint density at radius 2 is 2.20 bits per heavy atom. The van der Waals surface area contributed by atoms with Gasteiger partial charge in [0.25, 0.3) is 0 Å².